The van der Waals surface area contributed by atoms with Crippen LogP contribution in [-0.2, 0) is 20.9 Å². The number of carbonyl (C=O) groups is 2. The minimum Gasteiger partial charge on any atom is -0.497 e. The predicted octanol–water partition coefficient (Wildman–Crippen LogP) is 2.45. The maximum absolute atomic E-state index is 12.7. The average molecular weight is 398 g/mol. The number of aromatic nitrogens is 2. The highest BCUT2D eigenvalue weighted by atomic mass is 16.5. The molecule has 154 valence electrons. The molecule has 0 spiro atoms. The summed E-state index contributed by atoms with van der Waals surface area (Å²) in [4.78, 5) is 26.7. The number of anilines is 2. The van der Waals surface area contributed by atoms with Crippen LogP contribution in [0.5, 0.6) is 5.75 Å². The minimum absolute atomic E-state index is 0.0551. The monoisotopic (exact) mass is 398 g/mol. The molecule has 29 heavy (non-hydrogen) atoms. The highest BCUT2D eigenvalue weighted by Gasteiger charge is 2.35. The second-order valence-corrected chi connectivity index (χ2v) is 7.53. The van der Waals surface area contributed by atoms with Crippen molar-refractivity contribution in [3.8, 4) is 5.75 Å². The van der Waals surface area contributed by atoms with Crippen molar-refractivity contribution in [2.45, 2.75) is 38.3 Å². The molecule has 2 aliphatic rings. The van der Waals surface area contributed by atoms with Gasteiger partial charge in [-0.15, -0.1) is 0 Å². The lowest BCUT2D eigenvalue weighted by Gasteiger charge is -2.22. The van der Waals surface area contributed by atoms with E-state index in [4.69, 9.17) is 9.47 Å². The number of hydrogen-bond donors (Lipinski definition) is 1. The molecular weight excluding hydrogens is 372 g/mol. The fourth-order valence-electron chi connectivity index (χ4n) is 3.83. The Labute approximate surface area is 169 Å². The first-order chi connectivity index (χ1) is 14.1. The van der Waals surface area contributed by atoms with Crippen molar-refractivity contribution in [2.24, 2.45) is 5.92 Å². The summed E-state index contributed by atoms with van der Waals surface area (Å²) in [6.45, 7) is 1.85. The van der Waals surface area contributed by atoms with Gasteiger partial charge in [-0.05, 0) is 43.5 Å². The van der Waals surface area contributed by atoms with Crippen LogP contribution in [0.25, 0.3) is 0 Å². The lowest BCUT2D eigenvalue weighted by Crippen LogP contribution is -2.28. The molecule has 0 radical (unpaired) electrons. The number of nitrogens with one attached hydrogen (secondary N) is 1. The van der Waals surface area contributed by atoms with Gasteiger partial charge in [-0.1, -0.05) is 0 Å². The first kappa shape index (κ1) is 19.4. The lowest BCUT2D eigenvalue weighted by atomic mass is 10.1. The van der Waals surface area contributed by atoms with Gasteiger partial charge in [0.2, 0.25) is 11.8 Å². The van der Waals surface area contributed by atoms with Crippen LogP contribution in [-0.4, -0.2) is 48.0 Å². The third kappa shape index (κ3) is 4.59. The Kier molecular flexibility index (Phi) is 5.80. The van der Waals surface area contributed by atoms with E-state index >= 15 is 0 Å². The van der Waals surface area contributed by atoms with Crippen LogP contribution in [0.2, 0.25) is 0 Å². The number of hydrogen-bond acceptors (Lipinski definition) is 5. The molecule has 0 saturated carbocycles. The van der Waals surface area contributed by atoms with E-state index in [9.17, 15) is 9.59 Å². The number of ether oxygens (including phenoxy) is 2. The third-order valence-electron chi connectivity index (χ3n) is 5.45. The van der Waals surface area contributed by atoms with Crippen molar-refractivity contribution in [1.82, 2.24) is 9.78 Å². The van der Waals surface area contributed by atoms with Crippen molar-refractivity contribution in [2.75, 3.05) is 30.5 Å². The average Bonchev–Trinajstić information content (AvgIpc) is 3.35. The van der Waals surface area contributed by atoms with Crippen LogP contribution in [0.4, 0.5) is 11.4 Å². The number of amides is 2. The van der Waals surface area contributed by atoms with E-state index in [1.54, 1.807) is 35.0 Å². The molecule has 4 rings (SSSR count). The highest BCUT2D eigenvalue weighted by Crippen LogP contribution is 2.27. The normalized spacial score (nSPS) is 22.0. The van der Waals surface area contributed by atoms with Crippen molar-refractivity contribution < 1.29 is 19.1 Å². The van der Waals surface area contributed by atoms with Crippen LogP contribution < -0.4 is 15.0 Å². The number of nitrogens with zero attached hydrogens (tertiary/aromatic N) is 3. The summed E-state index contributed by atoms with van der Waals surface area (Å²) in [5, 5.41) is 7.21. The standard InChI is InChI=1S/C21H26N4O4/c1-28-18-7-5-17(6-8-18)25-12-15(10-20(25)26)21(27)23-16-11-22-24(13-16)14-19-4-2-3-9-29-19/h5-8,11,13,15,19H,2-4,9-10,12,14H2,1H3,(H,23,27)/t15-,19-/m1/s1. The van der Waals surface area contributed by atoms with E-state index in [0.29, 0.717) is 18.8 Å². The van der Waals surface area contributed by atoms with Gasteiger partial charge in [0.1, 0.15) is 5.75 Å². The summed E-state index contributed by atoms with van der Waals surface area (Å²) in [6, 6.07) is 7.27. The molecule has 1 aromatic heterocycles. The third-order valence-corrected chi connectivity index (χ3v) is 5.45. The van der Waals surface area contributed by atoms with Crippen LogP contribution in [0.1, 0.15) is 25.7 Å². The van der Waals surface area contributed by atoms with E-state index in [2.05, 4.69) is 10.4 Å². The summed E-state index contributed by atoms with van der Waals surface area (Å²) in [5.41, 5.74) is 1.41. The SMILES string of the molecule is COc1ccc(N2C[C@H](C(=O)Nc3cnn(C[C@H]4CCCCO4)c3)CC2=O)cc1. The molecule has 0 bridgehead atoms. The molecule has 1 N–H and O–H groups in total. The Morgan fingerprint density at radius 2 is 2.14 bits per heavy atom. The molecule has 0 unspecified atom stereocenters. The fourth-order valence-corrected chi connectivity index (χ4v) is 3.83. The summed E-state index contributed by atoms with van der Waals surface area (Å²) in [7, 11) is 1.60. The van der Waals surface area contributed by atoms with Gasteiger partial charge in [0.25, 0.3) is 0 Å². The number of methoxy groups -OCH3 is 1. The van der Waals surface area contributed by atoms with Gasteiger partial charge in [0, 0.05) is 31.5 Å². The second-order valence-electron chi connectivity index (χ2n) is 7.53. The maximum Gasteiger partial charge on any atom is 0.229 e. The summed E-state index contributed by atoms with van der Waals surface area (Å²) in [5.74, 6) is 0.114. The van der Waals surface area contributed by atoms with E-state index in [1.165, 1.54) is 6.42 Å². The molecule has 8 heteroatoms. The van der Waals surface area contributed by atoms with Gasteiger partial charge in [-0.25, -0.2) is 0 Å². The second kappa shape index (κ2) is 8.65. The number of benzene rings is 1. The summed E-state index contributed by atoms with van der Waals surface area (Å²) in [6.07, 6.45) is 7.15. The van der Waals surface area contributed by atoms with Gasteiger partial charge >= 0.3 is 0 Å². The molecule has 1 aromatic carbocycles. The molecule has 0 aliphatic carbocycles. The summed E-state index contributed by atoms with van der Waals surface area (Å²) < 4.78 is 12.7. The molecular formula is C21H26N4O4. The molecule has 2 aromatic rings. The van der Waals surface area contributed by atoms with E-state index in [1.807, 2.05) is 18.3 Å². The fraction of sp³-hybridized carbons (Fsp3) is 0.476. The molecule has 2 fully saturated rings. The Morgan fingerprint density at radius 3 is 2.86 bits per heavy atom. The van der Waals surface area contributed by atoms with E-state index < -0.39 is 5.92 Å². The van der Waals surface area contributed by atoms with Gasteiger partial charge < -0.3 is 19.7 Å². The predicted molar refractivity (Wildman–Crippen MR) is 108 cm³/mol. The molecule has 2 aliphatic heterocycles. The molecule has 2 amide bonds. The van der Waals surface area contributed by atoms with Crippen LogP contribution in [0, 0.1) is 5.92 Å². The maximum atomic E-state index is 12.7. The van der Waals surface area contributed by atoms with Gasteiger partial charge in [0.15, 0.2) is 0 Å². The van der Waals surface area contributed by atoms with E-state index in [0.717, 1.165) is 30.9 Å². The number of carbonyl (C=O) groups excluding carboxylic acids is 2. The van der Waals surface area contributed by atoms with Crippen LogP contribution in [0.15, 0.2) is 36.7 Å². The van der Waals surface area contributed by atoms with Crippen molar-refractivity contribution in [1.29, 1.82) is 0 Å². The molecule has 2 atom stereocenters. The Bertz CT molecular complexity index is 858. The lowest BCUT2D eigenvalue weighted by molar-refractivity contribution is -0.122. The Balaban J connectivity index is 1.33. The Hall–Kier alpha value is -2.87. The van der Waals surface area contributed by atoms with Crippen LogP contribution >= 0.6 is 0 Å². The molecule has 3 heterocycles. The largest absolute Gasteiger partial charge is 0.497 e. The topological polar surface area (TPSA) is 85.7 Å². The van der Waals surface area contributed by atoms with Gasteiger partial charge in [-0.3, -0.25) is 14.3 Å². The molecule has 2 saturated heterocycles. The number of rotatable bonds is 6. The zero-order valence-corrected chi connectivity index (χ0v) is 16.5. The van der Waals surface area contributed by atoms with Gasteiger partial charge in [-0.2, -0.15) is 5.10 Å². The molecule has 8 nitrogen and oxygen atoms in total. The van der Waals surface area contributed by atoms with Crippen LogP contribution in [0.3, 0.4) is 0 Å². The van der Waals surface area contributed by atoms with E-state index in [-0.39, 0.29) is 24.3 Å². The highest BCUT2D eigenvalue weighted by molar-refractivity contribution is 6.03. The summed E-state index contributed by atoms with van der Waals surface area (Å²) >= 11 is 0. The zero-order valence-electron chi connectivity index (χ0n) is 16.5. The smallest absolute Gasteiger partial charge is 0.229 e. The first-order valence-corrected chi connectivity index (χ1v) is 10.0. The van der Waals surface area contributed by atoms with Crippen molar-refractivity contribution in [3.05, 3.63) is 36.7 Å². The quantitative estimate of drug-likeness (QED) is 0.808. The minimum atomic E-state index is -0.394. The van der Waals surface area contributed by atoms with Gasteiger partial charge in [0.05, 0.1) is 37.6 Å². The van der Waals surface area contributed by atoms with Crippen molar-refractivity contribution in [3.63, 3.8) is 0 Å². The Morgan fingerprint density at radius 1 is 1.31 bits per heavy atom. The first-order valence-electron chi connectivity index (χ1n) is 10.0. The zero-order chi connectivity index (χ0) is 20.2. The van der Waals surface area contributed by atoms with Crippen molar-refractivity contribution >= 4 is 23.2 Å².